The molecule has 0 bridgehead atoms. The molecule has 0 saturated heterocycles. The highest BCUT2D eigenvalue weighted by Crippen LogP contribution is 2.17. The van der Waals surface area contributed by atoms with Crippen molar-refractivity contribution in [3.63, 3.8) is 0 Å². The Morgan fingerprint density at radius 3 is 2.92 bits per heavy atom. The van der Waals surface area contributed by atoms with Crippen LogP contribution in [0.4, 0.5) is 0 Å². The Kier molecular flexibility index (Phi) is 3.51. The first-order chi connectivity index (χ1) is 6.15. The molecule has 13 heavy (non-hydrogen) atoms. The van der Waals surface area contributed by atoms with Crippen molar-refractivity contribution in [3.05, 3.63) is 28.0 Å². The summed E-state index contributed by atoms with van der Waals surface area (Å²) in [7, 11) is 0. The molecule has 1 amide bonds. The van der Waals surface area contributed by atoms with Crippen LogP contribution in [0.25, 0.3) is 0 Å². The number of amides is 1. The standard InChI is InChI=1S/C8H8Cl2N2O/c1-2-11-8(13)5-3-7(10)12-4-6(5)9/h3-4H,2H2,1H3,(H,11,13). The summed E-state index contributed by atoms with van der Waals surface area (Å²) in [6.45, 7) is 2.38. The van der Waals surface area contributed by atoms with Crippen molar-refractivity contribution in [1.29, 1.82) is 0 Å². The lowest BCUT2D eigenvalue weighted by atomic mass is 10.2. The van der Waals surface area contributed by atoms with E-state index in [9.17, 15) is 4.79 Å². The Bertz CT molecular complexity index is 328. The Hall–Kier alpha value is -0.800. The molecule has 0 fully saturated rings. The minimum absolute atomic E-state index is 0.239. The van der Waals surface area contributed by atoms with Crippen LogP contribution in [0.1, 0.15) is 17.3 Å². The molecule has 0 spiro atoms. The number of nitrogens with one attached hydrogen (secondary N) is 1. The summed E-state index contributed by atoms with van der Waals surface area (Å²) < 4.78 is 0. The summed E-state index contributed by atoms with van der Waals surface area (Å²) in [5.41, 5.74) is 0.350. The van der Waals surface area contributed by atoms with Gasteiger partial charge in [0.25, 0.3) is 5.91 Å². The lowest BCUT2D eigenvalue weighted by Gasteiger charge is -2.03. The van der Waals surface area contributed by atoms with E-state index in [1.807, 2.05) is 6.92 Å². The molecule has 0 saturated carbocycles. The summed E-state index contributed by atoms with van der Waals surface area (Å²) in [5, 5.41) is 3.18. The molecule has 1 heterocycles. The monoisotopic (exact) mass is 218 g/mol. The molecule has 0 aromatic carbocycles. The maximum absolute atomic E-state index is 11.3. The fourth-order valence-corrected chi connectivity index (χ4v) is 1.19. The van der Waals surface area contributed by atoms with E-state index in [4.69, 9.17) is 23.2 Å². The van der Waals surface area contributed by atoms with E-state index >= 15 is 0 Å². The summed E-state index contributed by atoms with van der Waals surface area (Å²) in [4.78, 5) is 15.1. The van der Waals surface area contributed by atoms with E-state index in [0.29, 0.717) is 17.1 Å². The predicted molar refractivity (Wildman–Crippen MR) is 52.3 cm³/mol. The Morgan fingerprint density at radius 2 is 2.31 bits per heavy atom. The van der Waals surface area contributed by atoms with Gasteiger partial charge in [0.15, 0.2) is 0 Å². The predicted octanol–water partition coefficient (Wildman–Crippen LogP) is 2.14. The third-order valence-electron chi connectivity index (χ3n) is 1.40. The first-order valence-corrected chi connectivity index (χ1v) is 4.50. The average Bonchev–Trinajstić information content (AvgIpc) is 2.09. The number of nitrogens with zero attached hydrogens (tertiary/aromatic N) is 1. The van der Waals surface area contributed by atoms with Crippen LogP contribution in [0.5, 0.6) is 0 Å². The molecule has 0 atom stereocenters. The minimum Gasteiger partial charge on any atom is -0.352 e. The molecule has 1 N–H and O–H groups in total. The zero-order valence-electron chi connectivity index (χ0n) is 6.97. The molecular formula is C8H8Cl2N2O. The number of aromatic nitrogens is 1. The number of pyridine rings is 1. The Morgan fingerprint density at radius 1 is 1.62 bits per heavy atom. The summed E-state index contributed by atoms with van der Waals surface area (Å²) in [6, 6.07) is 1.44. The maximum atomic E-state index is 11.3. The fraction of sp³-hybridized carbons (Fsp3) is 0.250. The quantitative estimate of drug-likeness (QED) is 0.774. The van der Waals surface area contributed by atoms with E-state index < -0.39 is 0 Å². The normalized spacial score (nSPS) is 9.77. The minimum atomic E-state index is -0.239. The largest absolute Gasteiger partial charge is 0.352 e. The van der Waals surface area contributed by atoms with Gasteiger partial charge in [-0.1, -0.05) is 23.2 Å². The van der Waals surface area contributed by atoms with E-state index in [1.54, 1.807) is 0 Å². The van der Waals surface area contributed by atoms with Crippen molar-refractivity contribution in [2.75, 3.05) is 6.54 Å². The number of hydrogen-bond donors (Lipinski definition) is 1. The van der Waals surface area contributed by atoms with Gasteiger partial charge in [0, 0.05) is 12.7 Å². The molecule has 3 nitrogen and oxygen atoms in total. The summed E-state index contributed by atoms with van der Waals surface area (Å²) in [5.74, 6) is -0.239. The zero-order chi connectivity index (χ0) is 9.84. The molecule has 1 aromatic heterocycles. The molecule has 1 rings (SSSR count). The van der Waals surface area contributed by atoms with Crippen LogP contribution in [-0.2, 0) is 0 Å². The van der Waals surface area contributed by atoms with Crippen molar-refractivity contribution in [1.82, 2.24) is 10.3 Å². The molecule has 0 unspecified atom stereocenters. The lowest BCUT2D eigenvalue weighted by molar-refractivity contribution is 0.0956. The molecule has 1 aromatic rings. The molecule has 70 valence electrons. The number of rotatable bonds is 2. The van der Waals surface area contributed by atoms with Crippen molar-refractivity contribution in [3.8, 4) is 0 Å². The van der Waals surface area contributed by atoms with Gasteiger partial charge in [-0.3, -0.25) is 4.79 Å². The highest BCUT2D eigenvalue weighted by Gasteiger charge is 2.09. The fourth-order valence-electron chi connectivity index (χ4n) is 0.843. The highest BCUT2D eigenvalue weighted by atomic mass is 35.5. The van der Waals surface area contributed by atoms with E-state index in [1.165, 1.54) is 12.3 Å². The van der Waals surface area contributed by atoms with Crippen LogP contribution >= 0.6 is 23.2 Å². The van der Waals surface area contributed by atoms with Crippen LogP contribution in [-0.4, -0.2) is 17.4 Å². The topological polar surface area (TPSA) is 42.0 Å². The molecule has 5 heteroatoms. The summed E-state index contributed by atoms with van der Waals surface area (Å²) >= 11 is 11.4. The molecule has 0 aliphatic rings. The molecule has 0 aliphatic carbocycles. The van der Waals surface area contributed by atoms with Crippen LogP contribution in [0, 0.1) is 0 Å². The second-order valence-corrected chi connectivity index (χ2v) is 3.14. The van der Waals surface area contributed by atoms with Crippen LogP contribution < -0.4 is 5.32 Å². The third-order valence-corrected chi connectivity index (χ3v) is 1.91. The van der Waals surface area contributed by atoms with Gasteiger partial charge in [-0.25, -0.2) is 4.98 Å². The lowest BCUT2D eigenvalue weighted by Crippen LogP contribution is -2.23. The first kappa shape index (κ1) is 10.3. The van der Waals surface area contributed by atoms with E-state index in [-0.39, 0.29) is 11.1 Å². The van der Waals surface area contributed by atoms with Crippen LogP contribution in [0.15, 0.2) is 12.3 Å². The van der Waals surface area contributed by atoms with Crippen LogP contribution in [0.3, 0.4) is 0 Å². The molecular weight excluding hydrogens is 211 g/mol. The Balaban J connectivity index is 2.99. The number of carbonyl (C=O) groups is 1. The first-order valence-electron chi connectivity index (χ1n) is 3.74. The van der Waals surface area contributed by atoms with Crippen molar-refractivity contribution < 1.29 is 4.79 Å². The van der Waals surface area contributed by atoms with Crippen molar-refractivity contribution >= 4 is 29.1 Å². The number of halogens is 2. The van der Waals surface area contributed by atoms with Gasteiger partial charge < -0.3 is 5.32 Å². The SMILES string of the molecule is CCNC(=O)c1cc(Cl)ncc1Cl. The number of hydrogen-bond acceptors (Lipinski definition) is 2. The maximum Gasteiger partial charge on any atom is 0.252 e. The van der Waals surface area contributed by atoms with Gasteiger partial charge in [-0.15, -0.1) is 0 Å². The Labute approximate surface area is 86.1 Å². The smallest absolute Gasteiger partial charge is 0.252 e. The second kappa shape index (κ2) is 4.44. The summed E-state index contributed by atoms with van der Waals surface area (Å²) in [6.07, 6.45) is 1.36. The van der Waals surface area contributed by atoms with Crippen molar-refractivity contribution in [2.24, 2.45) is 0 Å². The highest BCUT2D eigenvalue weighted by molar-refractivity contribution is 6.35. The van der Waals surface area contributed by atoms with Gasteiger partial charge in [0.05, 0.1) is 10.6 Å². The van der Waals surface area contributed by atoms with E-state index in [2.05, 4.69) is 10.3 Å². The van der Waals surface area contributed by atoms with Gasteiger partial charge in [0.2, 0.25) is 0 Å². The van der Waals surface area contributed by atoms with Gasteiger partial charge in [-0.05, 0) is 13.0 Å². The van der Waals surface area contributed by atoms with Crippen molar-refractivity contribution in [2.45, 2.75) is 6.92 Å². The average molecular weight is 219 g/mol. The van der Waals surface area contributed by atoms with Gasteiger partial charge in [-0.2, -0.15) is 0 Å². The molecule has 0 aliphatic heterocycles. The molecule has 0 radical (unpaired) electrons. The van der Waals surface area contributed by atoms with E-state index in [0.717, 1.165) is 0 Å². The second-order valence-electron chi connectivity index (χ2n) is 2.35. The zero-order valence-corrected chi connectivity index (χ0v) is 8.49. The third kappa shape index (κ3) is 2.57. The number of carbonyl (C=O) groups excluding carboxylic acids is 1. The van der Waals surface area contributed by atoms with Gasteiger partial charge in [0.1, 0.15) is 5.15 Å². The van der Waals surface area contributed by atoms with Crippen LogP contribution in [0.2, 0.25) is 10.2 Å². The van der Waals surface area contributed by atoms with Gasteiger partial charge >= 0.3 is 0 Å².